The Labute approximate surface area is 92.3 Å². The Hall–Kier alpha value is -0.0100. The smallest absolute Gasteiger partial charge is 1.00 e. The molecule has 4 nitrogen and oxygen atoms in total. The number of hydrogen-bond acceptors (Lipinski definition) is 3. The average molecular weight is 201 g/mol. The number of nitrogens with zero attached hydrogens (tertiary/aromatic N) is 1. The van der Waals surface area contributed by atoms with E-state index in [0.717, 1.165) is 18.2 Å². The normalized spacial score (nSPS) is 10.5. The Morgan fingerprint density at radius 3 is 2.42 bits per heavy atom. The number of aromatic nitrogens is 1. The number of pyridine rings is 1. The van der Waals surface area contributed by atoms with Gasteiger partial charge in [0.05, 0.1) is 0 Å². The minimum Gasteiger partial charge on any atom is -1.00 e. The molecule has 1 N–H and O–H groups in total. The van der Waals surface area contributed by atoms with Crippen LogP contribution in [0, 0.1) is 5.95 Å². The van der Waals surface area contributed by atoms with Crippen molar-refractivity contribution in [1.29, 1.82) is 0 Å². The van der Waals surface area contributed by atoms with E-state index < -0.39 is 21.1 Å². The molecule has 1 rings (SSSR count). The van der Waals surface area contributed by atoms with Crippen molar-refractivity contribution in [3.8, 4) is 0 Å². The second kappa shape index (κ2) is 4.29. The summed E-state index contributed by atoms with van der Waals surface area (Å²) in [6.45, 7) is 0. The van der Waals surface area contributed by atoms with Gasteiger partial charge < -0.3 is 1.43 Å². The van der Waals surface area contributed by atoms with Crippen LogP contribution < -0.4 is 29.6 Å². The Bertz CT molecular complexity index is 372. The molecule has 0 amide bonds. The summed E-state index contributed by atoms with van der Waals surface area (Å²) < 4.78 is 41.2. The Morgan fingerprint density at radius 2 is 2.08 bits per heavy atom. The largest absolute Gasteiger partial charge is 1.00 e. The average Bonchev–Trinajstić information content (AvgIpc) is 1.86. The summed E-state index contributed by atoms with van der Waals surface area (Å²) >= 11 is 0. The van der Waals surface area contributed by atoms with E-state index in [4.69, 9.17) is 4.55 Å². The van der Waals surface area contributed by atoms with Crippen molar-refractivity contribution in [3.05, 3.63) is 24.1 Å². The number of halogens is 1. The van der Waals surface area contributed by atoms with Crippen molar-refractivity contribution in [3.63, 3.8) is 0 Å². The number of rotatable bonds is 1. The van der Waals surface area contributed by atoms with Crippen molar-refractivity contribution in [1.82, 2.24) is 4.98 Å². The summed E-state index contributed by atoms with van der Waals surface area (Å²) in [7, 11) is -4.38. The maximum atomic E-state index is 12.2. The molecule has 0 bridgehead atoms. The third-order valence-corrected chi connectivity index (χ3v) is 1.71. The minimum absolute atomic E-state index is 0. The molecule has 7 heteroatoms. The van der Waals surface area contributed by atoms with Gasteiger partial charge in [-0.3, -0.25) is 4.55 Å². The second-order valence-electron chi connectivity index (χ2n) is 1.77. The topological polar surface area (TPSA) is 67.3 Å². The van der Waals surface area contributed by atoms with E-state index >= 15 is 0 Å². The molecule has 0 aromatic carbocycles. The fraction of sp³-hybridized carbons (Fsp3) is 0. The van der Waals surface area contributed by atoms with Crippen LogP contribution in [0.5, 0.6) is 0 Å². The van der Waals surface area contributed by atoms with E-state index in [2.05, 4.69) is 4.98 Å². The summed E-state index contributed by atoms with van der Waals surface area (Å²) in [5.74, 6) is -0.944. The SMILES string of the molecule is O=S(=O)(O)c1cccc(F)n1.[H-].[Na+]. The van der Waals surface area contributed by atoms with Crippen LogP contribution in [0.25, 0.3) is 0 Å². The van der Waals surface area contributed by atoms with Gasteiger partial charge in [-0.1, -0.05) is 6.07 Å². The first-order valence-electron chi connectivity index (χ1n) is 2.60. The summed E-state index contributed by atoms with van der Waals surface area (Å²) in [5, 5.41) is -0.683. The third-order valence-electron chi connectivity index (χ3n) is 0.954. The number of hydrogen-bond donors (Lipinski definition) is 1. The summed E-state index contributed by atoms with van der Waals surface area (Å²) in [6.07, 6.45) is 0. The van der Waals surface area contributed by atoms with Gasteiger partial charge in [-0.25, -0.2) is 4.98 Å². The molecule has 0 saturated heterocycles. The van der Waals surface area contributed by atoms with Gasteiger partial charge in [0.2, 0.25) is 5.95 Å². The van der Waals surface area contributed by atoms with Gasteiger partial charge in [0, 0.05) is 0 Å². The fourth-order valence-electron chi connectivity index (χ4n) is 0.533. The van der Waals surface area contributed by atoms with Crippen molar-refractivity contribution >= 4 is 10.1 Å². The molecule has 1 heterocycles. The van der Waals surface area contributed by atoms with E-state index in [9.17, 15) is 12.8 Å². The van der Waals surface area contributed by atoms with Crippen LogP contribution in [-0.2, 0) is 10.1 Å². The summed E-state index contributed by atoms with van der Waals surface area (Å²) in [6, 6.07) is 3.12. The Morgan fingerprint density at radius 1 is 1.50 bits per heavy atom. The van der Waals surface area contributed by atoms with Crippen molar-refractivity contribution in [2.24, 2.45) is 0 Å². The summed E-state index contributed by atoms with van der Waals surface area (Å²) in [4.78, 5) is 2.94. The first kappa shape index (κ1) is 12.0. The van der Waals surface area contributed by atoms with Crippen LogP contribution in [0.1, 0.15) is 1.43 Å². The predicted octanol–water partition coefficient (Wildman–Crippen LogP) is -2.42. The first-order valence-corrected chi connectivity index (χ1v) is 4.04. The first-order chi connectivity index (χ1) is 5.00. The van der Waals surface area contributed by atoms with Crippen LogP contribution in [0.3, 0.4) is 0 Å². The molecule has 1 aromatic rings. The van der Waals surface area contributed by atoms with Gasteiger partial charge in [-0.05, 0) is 12.1 Å². The van der Waals surface area contributed by atoms with Crippen LogP contribution >= 0.6 is 0 Å². The molecular weight excluding hydrogens is 196 g/mol. The van der Waals surface area contributed by atoms with Gasteiger partial charge in [-0.2, -0.15) is 12.8 Å². The zero-order valence-corrected chi connectivity index (χ0v) is 9.05. The standard InChI is InChI=1S/C5H4FNO3S.Na.H/c6-4-2-1-3-5(7-4)11(8,9)10;;/h1-3H,(H,8,9,10);;/q;+1;-1. The van der Waals surface area contributed by atoms with E-state index in [1.807, 2.05) is 0 Å². The Balaban J connectivity index is 0. The molecule has 0 fully saturated rings. The molecule has 0 atom stereocenters. The third kappa shape index (κ3) is 3.16. The molecule has 0 aliphatic carbocycles. The van der Waals surface area contributed by atoms with Gasteiger partial charge in [0.15, 0.2) is 5.03 Å². The molecule has 12 heavy (non-hydrogen) atoms. The fourth-order valence-corrected chi connectivity index (χ4v) is 0.986. The molecule has 0 radical (unpaired) electrons. The maximum Gasteiger partial charge on any atom is 1.00 e. The monoisotopic (exact) mass is 201 g/mol. The van der Waals surface area contributed by atoms with Gasteiger partial charge in [0.25, 0.3) is 0 Å². The van der Waals surface area contributed by atoms with Gasteiger partial charge in [0.1, 0.15) is 0 Å². The minimum atomic E-state index is -4.38. The molecule has 0 unspecified atom stereocenters. The second-order valence-corrected chi connectivity index (χ2v) is 3.14. The molecule has 0 aliphatic heterocycles. The molecule has 0 saturated carbocycles. The van der Waals surface area contributed by atoms with Crippen LogP contribution in [0.4, 0.5) is 4.39 Å². The van der Waals surface area contributed by atoms with E-state index in [1.165, 1.54) is 0 Å². The molecule has 62 valence electrons. The Kier molecular flexibility index (Phi) is 4.29. The summed E-state index contributed by atoms with van der Waals surface area (Å²) in [5.41, 5.74) is 0. The van der Waals surface area contributed by atoms with E-state index in [0.29, 0.717) is 0 Å². The molecule has 0 aliphatic rings. The quantitative estimate of drug-likeness (QED) is 0.312. The maximum absolute atomic E-state index is 12.2. The zero-order valence-electron chi connectivity index (χ0n) is 7.23. The predicted molar refractivity (Wildman–Crippen MR) is 35.1 cm³/mol. The van der Waals surface area contributed by atoms with Crippen molar-refractivity contribution in [2.45, 2.75) is 5.03 Å². The van der Waals surface area contributed by atoms with E-state index in [-0.39, 0.29) is 31.0 Å². The van der Waals surface area contributed by atoms with Crippen LogP contribution in [0.2, 0.25) is 0 Å². The van der Waals surface area contributed by atoms with Crippen LogP contribution in [-0.4, -0.2) is 18.0 Å². The van der Waals surface area contributed by atoms with Crippen molar-refractivity contribution in [2.75, 3.05) is 0 Å². The van der Waals surface area contributed by atoms with Gasteiger partial charge >= 0.3 is 39.7 Å². The molecule has 0 spiro atoms. The van der Waals surface area contributed by atoms with E-state index in [1.54, 1.807) is 0 Å². The van der Waals surface area contributed by atoms with Crippen molar-refractivity contribution < 1.29 is 48.3 Å². The van der Waals surface area contributed by atoms with Gasteiger partial charge in [-0.15, -0.1) is 0 Å². The van der Waals surface area contributed by atoms with Crippen LogP contribution in [0.15, 0.2) is 23.2 Å². The molecular formula is C5H5FNNaO3S. The molecule has 1 aromatic heterocycles. The zero-order chi connectivity index (χ0) is 8.48.